The van der Waals surface area contributed by atoms with Crippen LogP contribution in [0.15, 0.2) is 79.3 Å². The third kappa shape index (κ3) is 6.72. The summed E-state index contributed by atoms with van der Waals surface area (Å²) in [4.78, 5) is 39.6. The number of likely N-dealkylation sites (tertiary alicyclic amines) is 1. The second-order valence-corrected chi connectivity index (χ2v) is 9.10. The van der Waals surface area contributed by atoms with Gasteiger partial charge in [-0.15, -0.1) is 0 Å². The molecule has 39 heavy (non-hydrogen) atoms. The highest BCUT2D eigenvalue weighted by Gasteiger charge is 2.26. The van der Waals surface area contributed by atoms with Gasteiger partial charge < -0.3 is 19.7 Å². The Bertz CT molecular complexity index is 1420. The van der Waals surface area contributed by atoms with Crippen LogP contribution in [0.3, 0.4) is 0 Å². The summed E-state index contributed by atoms with van der Waals surface area (Å²) in [5.74, 6) is 0.459. The van der Waals surface area contributed by atoms with E-state index in [4.69, 9.17) is 9.47 Å². The molecule has 5 rings (SSSR count). The van der Waals surface area contributed by atoms with Crippen molar-refractivity contribution in [2.75, 3.05) is 18.4 Å². The first-order chi connectivity index (χ1) is 18.9. The van der Waals surface area contributed by atoms with Crippen LogP contribution in [0.4, 0.5) is 10.1 Å². The highest BCUT2D eigenvalue weighted by atomic mass is 19.1. The minimum absolute atomic E-state index is 0.0481. The molecule has 0 aliphatic carbocycles. The van der Waals surface area contributed by atoms with Gasteiger partial charge in [0.1, 0.15) is 34.8 Å². The first-order valence-electron chi connectivity index (χ1n) is 12.5. The molecule has 0 atom stereocenters. The number of benzene rings is 2. The van der Waals surface area contributed by atoms with Crippen LogP contribution < -0.4 is 14.8 Å². The minimum Gasteiger partial charge on any atom is -0.490 e. The first-order valence-corrected chi connectivity index (χ1v) is 12.5. The number of hydrogen-bond donors (Lipinski definition) is 1. The number of ether oxygens (including phenoxy) is 2. The van der Waals surface area contributed by atoms with Crippen molar-refractivity contribution in [2.45, 2.75) is 25.9 Å². The van der Waals surface area contributed by atoms with E-state index >= 15 is 0 Å². The van der Waals surface area contributed by atoms with E-state index < -0.39 is 5.91 Å². The number of halogens is 1. The molecule has 1 N–H and O–H groups in total. The van der Waals surface area contributed by atoms with Crippen LogP contribution in [0.1, 0.15) is 39.4 Å². The summed E-state index contributed by atoms with van der Waals surface area (Å²) in [6.45, 7) is 3.13. The number of amides is 2. The number of carbonyl (C=O) groups is 2. The number of nitrogens with zero attached hydrogens (tertiary/aromatic N) is 4. The van der Waals surface area contributed by atoms with Gasteiger partial charge in [0.2, 0.25) is 5.88 Å². The van der Waals surface area contributed by atoms with Gasteiger partial charge in [0.15, 0.2) is 0 Å². The summed E-state index contributed by atoms with van der Waals surface area (Å²) >= 11 is 0. The summed E-state index contributed by atoms with van der Waals surface area (Å²) < 4.78 is 24.6. The molecule has 0 saturated carbocycles. The van der Waals surface area contributed by atoms with Crippen molar-refractivity contribution in [3.8, 4) is 17.4 Å². The lowest BCUT2D eigenvalue weighted by atomic mass is 10.1. The zero-order chi connectivity index (χ0) is 27.2. The predicted molar refractivity (Wildman–Crippen MR) is 141 cm³/mol. The Hall–Kier alpha value is -4.86. The van der Waals surface area contributed by atoms with Gasteiger partial charge in [-0.3, -0.25) is 9.59 Å². The van der Waals surface area contributed by atoms with E-state index in [1.165, 1.54) is 48.4 Å². The molecule has 1 saturated heterocycles. The largest absolute Gasteiger partial charge is 0.490 e. The molecule has 1 aliphatic rings. The fraction of sp³-hybridized carbons (Fsp3) is 0.207. The van der Waals surface area contributed by atoms with Crippen LogP contribution in [0.2, 0.25) is 0 Å². The lowest BCUT2D eigenvalue weighted by molar-refractivity contribution is 0.0589. The molecule has 3 heterocycles. The number of aryl methyl sites for hydroxylation is 1. The molecule has 198 valence electrons. The maximum absolute atomic E-state index is 13.0. The molecule has 2 amide bonds. The molecule has 1 aliphatic heterocycles. The van der Waals surface area contributed by atoms with Crippen molar-refractivity contribution in [2.24, 2.45) is 0 Å². The van der Waals surface area contributed by atoms with Crippen molar-refractivity contribution < 1.29 is 23.5 Å². The smallest absolute Gasteiger partial charge is 0.275 e. The van der Waals surface area contributed by atoms with Crippen LogP contribution >= 0.6 is 0 Å². The molecule has 10 heteroatoms. The van der Waals surface area contributed by atoms with Crippen molar-refractivity contribution in [3.05, 3.63) is 102 Å². The maximum Gasteiger partial charge on any atom is 0.275 e. The summed E-state index contributed by atoms with van der Waals surface area (Å²) in [5.41, 5.74) is 1.83. The molecular weight excluding hydrogens is 501 g/mol. The molecule has 0 spiro atoms. The molecule has 9 nitrogen and oxygen atoms in total. The Morgan fingerprint density at radius 3 is 2.15 bits per heavy atom. The Morgan fingerprint density at radius 2 is 1.51 bits per heavy atom. The molecule has 0 bridgehead atoms. The molecule has 4 aromatic rings. The van der Waals surface area contributed by atoms with Gasteiger partial charge in [-0.1, -0.05) is 17.7 Å². The van der Waals surface area contributed by atoms with E-state index in [-0.39, 0.29) is 35.1 Å². The number of hydrogen-bond acceptors (Lipinski definition) is 7. The zero-order valence-electron chi connectivity index (χ0n) is 21.2. The van der Waals surface area contributed by atoms with Gasteiger partial charge in [0.05, 0.1) is 24.3 Å². The third-order valence-corrected chi connectivity index (χ3v) is 6.19. The van der Waals surface area contributed by atoms with E-state index in [0.717, 1.165) is 18.6 Å². The van der Waals surface area contributed by atoms with E-state index in [9.17, 15) is 14.0 Å². The Kier molecular flexibility index (Phi) is 7.72. The van der Waals surface area contributed by atoms with Crippen molar-refractivity contribution in [1.82, 2.24) is 19.9 Å². The number of anilines is 1. The van der Waals surface area contributed by atoms with Crippen LogP contribution in [0, 0.1) is 12.7 Å². The zero-order valence-corrected chi connectivity index (χ0v) is 21.2. The number of carbonyl (C=O) groups excluding carboxylic acids is 2. The monoisotopic (exact) mass is 527 g/mol. The van der Waals surface area contributed by atoms with Gasteiger partial charge in [0, 0.05) is 32.0 Å². The normalized spacial score (nSPS) is 13.5. The van der Waals surface area contributed by atoms with Gasteiger partial charge in [0.25, 0.3) is 11.8 Å². The van der Waals surface area contributed by atoms with Crippen LogP contribution in [0.5, 0.6) is 17.4 Å². The van der Waals surface area contributed by atoms with Crippen molar-refractivity contribution in [3.63, 3.8) is 0 Å². The van der Waals surface area contributed by atoms with Crippen molar-refractivity contribution >= 4 is 17.5 Å². The fourth-order valence-corrected chi connectivity index (χ4v) is 4.04. The Labute approximate surface area is 224 Å². The number of nitrogens with one attached hydrogen (secondary N) is 1. The first kappa shape index (κ1) is 25.8. The van der Waals surface area contributed by atoms with Gasteiger partial charge >= 0.3 is 0 Å². The Morgan fingerprint density at radius 1 is 0.846 bits per heavy atom. The molecule has 2 aromatic carbocycles. The fourth-order valence-electron chi connectivity index (χ4n) is 4.04. The van der Waals surface area contributed by atoms with Gasteiger partial charge in [-0.05, 0) is 49.4 Å². The molecule has 1 fully saturated rings. The molecular formula is C29H26FN5O4. The molecule has 0 unspecified atom stereocenters. The number of piperidine rings is 1. The highest BCUT2D eigenvalue weighted by Crippen LogP contribution is 2.22. The van der Waals surface area contributed by atoms with E-state index in [0.29, 0.717) is 24.5 Å². The lowest BCUT2D eigenvalue weighted by Gasteiger charge is -2.32. The lowest BCUT2D eigenvalue weighted by Crippen LogP contribution is -2.42. The summed E-state index contributed by atoms with van der Waals surface area (Å²) in [5, 5.41) is 2.68. The third-order valence-electron chi connectivity index (χ3n) is 6.19. The van der Waals surface area contributed by atoms with Crippen molar-refractivity contribution in [1.29, 1.82) is 0 Å². The molecule has 0 radical (unpaired) electrons. The summed E-state index contributed by atoms with van der Waals surface area (Å²) in [7, 11) is 0. The van der Waals surface area contributed by atoms with Crippen LogP contribution in [0.25, 0.3) is 0 Å². The van der Waals surface area contributed by atoms with Crippen LogP contribution in [-0.2, 0) is 0 Å². The second-order valence-electron chi connectivity index (χ2n) is 9.10. The standard InChI is InChI=1S/C29H26FN5O4/c1-19-2-7-22(8-3-19)38-24-12-14-35(15-13-24)29(37)26-18-31-25(17-32-26)28(36)34-21-6-11-27(33-16-21)39-23-9-4-20(30)5-10-23/h2-11,16-18,24H,12-15H2,1H3,(H,34,36). The van der Waals surface area contributed by atoms with E-state index in [1.54, 1.807) is 17.0 Å². The average molecular weight is 528 g/mol. The molecule has 2 aromatic heterocycles. The van der Waals surface area contributed by atoms with E-state index in [1.807, 2.05) is 31.2 Å². The Balaban J connectivity index is 1.11. The van der Waals surface area contributed by atoms with Gasteiger partial charge in [-0.25, -0.2) is 19.3 Å². The predicted octanol–water partition coefficient (Wildman–Crippen LogP) is 5.05. The number of pyridine rings is 1. The minimum atomic E-state index is -0.496. The SMILES string of the molecule is Cc1ccc(OC2CCN(C(=O)c3cnc(C(=O)Nc4ccc(Oc5ccc(F)cc5)nc4)cn3)CC2)cc1. The number of aromatic nitrogens is 3. The maximum atomic E-state index is 13.0. The van der Waals surface area contributed by atoms with E-state index in [2.05, 4.69) is 20.3 Å². The number of rotatable bonds is 7. The summed E-state index contributed by atoms with van der Waals surface area (Å²) in [6, 6.07) is 16.7. The van der Waals surface area contributed by atoms with Gasteiger partial charge in [-0.2, -0.15) is 0 Å². The average Bonchev–Trinajstić information content (AvgIpc) is 2.96. The second kappa shape index (κ2) is 11.7. The topological polar surface area (TPSA) is 107 Å². The van der Waals surface area contributed by atoms with Crippen LogP contribution in [-0.4, -0.2) is 50.9 Å². The highest BCUT2D eigenvalue weighted by molar-refractivity contribution is 6.02. The summed E-state index contributed by atoms with van der Waals surface area (Å²) in [6.07, 6.45) is 5.49. The quantitative estimate of drug-likeness (QED) is 0.359.